The highest BCUT2D eigenvalue weighted by atomic mass is 32.3. The number of hydrogen-bond donors (Lipinski definition) is 6. The van der Waals surface area contributed by atoms with Gasteiger partial charge in [0.05, 0.1) is 25.4 Å². The van der Waals surface area contributed by atoms with E-state index >= 15 is 0 Å². The third-order valence-electron chi connectivity index (χ3n) is 13.3. The summed E-state index contributed by atoms with van der Waals surface area (Å²) < 4.78 is 47.9. The molecule has 7 atom stereocenters. The molecule has 1 fully saturated rings. The summed E-state index contributed by atoms with van der Waals surface area (Å²) >= 11 is 0. The average Bonchev–Trinajstić information content (AvgIpc) is 3.29. The van der Waals surface area contributed by atoms with E-state index in [1.54, 1.807) is 0 Å². The van der Waals surface area contributed by atoms with Crippen molar-refractivity contribution >= 4 is 16.3 Å². The van der Waals surface area contributed by atoms with E-state index in [0.717, 1.165) is 64.2 Å². The maximum atomic E-state index is 13.1. The molecule has 0 bridgehead atoms. The number of aliphatic hydroxyl groups is 4. The van der Waals surface area contributed by atoms with Gasteiger partial charge in [-0.2, -0.15) is 8.42 Å². The van der Waals surface area contributed by atoms with Crippen LogP contribution in [0.3, 0.4) is 0 Å². The van der Waals surface area contributed by atoms with Gasteiger partial charge in [0, 0.05) is 6.42 Å². The van der Waals surface area contributed by atoms with Gasteiger partial charge in [-0.25, -0.2) is 4.18 Å². The second kappa shape index (κ2) is 43.8. The van der Waals surface area contributed by atoms with Crippen molar-refractivity contribution in [2.24, 2.45) is 0 Å². The number of amides is 1. The molecule has 12 nitrogen and oxygen atoms in total. The Bertz CT molecular complexity index is 1220. The Hall–Kier alpha value is -1.16. The van der Waals surface area contributed by atoms with Crippen LogP contribution in [0.5, 0.6) is 0 Å². The minimum atomic E-state index is -5.08. The summed E-state index contributed by atoms with van der Waals surface area (Å²) in [6, 6.07) is -0.860. The molecule has 0 aromatic heterocycles. The summed E-state index contributed by atoms with van der Waals surface area (Å²) in [6.45, 7) is 3.48. The Kier molecular flexibility index (Phi) is 41.7. The van der Waals surface area contributed by atoms with E-state index in [2.05, 4.69) is 35.5 Å². The fourth-order valence-electron chi connectivity index (χ4n) is 9.04. The van der Waals surface area contributed by atoms with Gasteiger partial charge in [0.1, 0.15) is 24.4 Å². The van der Waals surface area contributed by atoms with Crippen LogP contribution in [0.4, 0.5) is 0 Å². The van der Waals surface area contributed by atoms with E-state index < -0.39 is 59.9 Å². The molecule has 0 aromatic rings. The van der Waals surface area contributed by atoms with Gasteiger partial charge in [0.15, 0.2) is 6.29 Å². The van der Waals surface area contributed by atoms with Gasteiger partial charge in [0.2, 0.25) is 5.91 Å². The molecule has 6 N–H and O–H groups in total. The number of aliphatic hydroxyl groups excluding tert-OH is 4. The minimum absolute atomic E-state index is 0.234. The van der Waals surface area contributed by atoms with E-state index in [1.165, 1.54) is 167 Å². The number of carbonyl (C=O) groups excluding carboxylic acids is 1. The van der Waals surface area contributed by atoms with E-state index in [9.17, 15) is 38.2 Å². The fraction of sp³-hybridized carbons (Fsp3) is 0.943. The number of rotatable bonds is 48. The monoisotopic (exact) mass is 962 g/mol. The Labute approximate surface area is 404 Å². The molecule has 1 amide bonds. The zero-order valence-electron chi connectivity index (χ0n) is 42.3. The second-order valence-electron chi connectivity index (χ2n) is 19.5. The third-order valence-corrected chi connectivity index (χ3v) is 13.8. The fourth-order valence-corrected chi connectivity index (χ4v) is 9.55. The molecule has 1 aliphatic heterocycles. The largest absolute Gasteiger partial charge is 0.397 e. The molecule has 0 aromatic carbocycles. The molecule has 0 spiro atoms. The van der Waals surface area contributed by atoms with Crippen molar-refractivity contribution in [3.8, 4) is 0 Å². The van der Waals surface area contributed by atoms with Crippen molar-refractivity contribution in [2.75, 3.05) is 13.2 Å². The SMILES string of the molecule is CCCCCCCCCCC/C=C\CCCCCCCC(=O)NC(COC1OC(CO)C(O)C(OS(=O)(=O)O)C1O)C(O)CCCCCCCCCCCCCCCCCCCCCCC. The van der Waals surface area contributed by atoms with Gasteiger partial charge in [-0.15, -0.1) is 0 Å². The molecule has 1 rings (SSSR count). The second-order valence-corrected chi connectivity index (χ2v) is 20.6. The van der Waals surface area contributed by atoms with Crippen molar-refractivity contribution in [3.05, 3.63) is 12.2 Å². The number of hydrogen-bond acceptors (Lipinski definition) is 10. The predicted octanol–water partition coefficient (Wildman–Crippen LogP) is 12.3. The van der Waals surface area contributed by atoms with Gasteiger partial charge in [-0.05, 0) is 38.5 Å². The van der Waals surface area contributed by atoms with E-state index in [-0.39, 0.29) is 18.9 Å². The van der Waals surface area contributed by atoms with Crippen LogP contribution in [0.2, 0.25) is 0 Å². The molecule has 0 saturated carbocycles. The van der Waals surface area contributed by atoms with Gasteiger partial charge in [-0.3, -0.25) is 9.35 Å². The first-order valence-electron chi connectivity index (χ1n) is 27.6. The molecule has 1 saturated heterocycles. The maximum absolute atomic E-state index is 13.1. The smallest absolute Gasteiger partial charge is 0.394 e. The van der Waals surface area contributed by atoms with Gasteiger partial charge < -0.3 is 35.2 Å². The number of nitrogens with one attached hydrogen (secondary N) is 1. The quantitative estimate of drug-likeness (QED) is 0.0193. The lowest BCUT2D eigenvalue weighted by molar-refractivity contribution is -0.298. The molecule has 1 aliphatic rings. The molecule has 7 unspecified atom stereocenters. The van der Waals surface area contributed by atoms with Crippen LogP contribution in [0.1, 0.15) is 264 Å². The van der Waals surface area contributed by atoms with Crippen LogP contribution in [-0.4, -0.2) is 95.4 Å². The molecule has 66 heavy (non-hydrogen) atoms. The van der Waals surface area contributed by atoms with E-state index in [0.29, 0.717) is 12.8 Å². The van der Waals surface area contributed by atoms with Crippen molar-refractivity contribution in [1.82, 2.24) is 5.32 Å². The Morgan fingerprint density at radius 1 is 0.591 bits per heavy atom. The Morgan fingerprint density at radius 2 is 0.970 bits per heavy atom. The first kappa shape index (κ1) is 62.9. The van der Waals surface area contributed by atoms with Crippen molar-refractivity contribution in [3.63, 3.8) is 0 Å². The van der Waals surface area contributed by atoms with Crippen molar-refractivity contribution in [1.29, 1.82) is 0 Å². The van der Waals surface area contributed by atoms with Crippen LogP contribution in [0.15, 0.2) is 12.2 Å². The zero-order valence-corrected chi connectivity index (χ0v) is 43.1. The summed E-state index contributed by atoms with van der Waals surface area (Å²) in [7, 11) is -5.08. The standard InChI is InChI=1S/C53H103NO11S/c1-3-5-7-9-11-13-15-17-19-21-23-24-25-26-28-30-32-34-36-38-40-42-47(56)46(45-63-53-51(59)52(65-66(60,61)62)50(58)48(44-55)64-53)54-49(57)43-41-39-37-35-33-31-29-27-22-20-18-16-14-12-10-8-6-4-2/h27,29,46-48,50-53,55-56,58-59H,3-26,28,30-45H2,1-2H3,(H,54,57)(H,60,61,62)/b29-27-. The molecule has 0 radical (unpaired) electrons. The van der Waals surface area contributed by atoms with Crippen LogP contribution in [-0.2, 0) is 28.9 Å². The Morgan fingerprint density at radius 3 is 1.36 bits per heavy atom. The van der Waals surface area contributed by atoms with Crippen LogP contribution < -0.4 is 5.32 Å². The number of unbranched alkanes of at least 4 members (excludes halogenated alkanes) is 34. The maximum Gasteiger partial charge on any atom is 0.397 e. The van der Waals surface area contributed by atoms with Gasteiger partial charge in [-0.1, -0.05) is 231 Å². The summed E-state index contributed by atoms with van der Waals surface area (Å²) in [5, 5.41) is 45.1. The average molecular weight is 962 g/mol. The molecule has 392 valence electrons. The molecule has 0 aliphatic carbocycles. The highest BCUT2D eigenvalue weighted by Crippen LogP contribution is 2.26. The topological polar surface area (TPSA) is 192 Å². The predicted molar refractivity (Wildman–Crippen MR) is 269 cm³/mol. The summed E-state index contributed by atoms with van der Waals surface area (Å²) in [5.41, 5.74) is 0. The highest BCUT2D eigenvalue weighted by molar-refractivity contribution is 7.80. The summed E-state index contributed by atoms with van der Waals surface area (Å²) in [6.07, 6.45) is 42.1. The number of allylic oxidation sites excluding steroid dienone is 2. The van der Waals surface area contributed by atoms with Crippen LogP contribution in [0, 0.1) is 0 Å². The number of carbonyl (C=O) groups is 1. The zero-order chi connectivity index (χ0) is 48.4. The summed E-state index contributed by atoms with van der Waals surface area (Å²) in [5.74, 6) is -0.234. The lowest BCUT2D eigenvalue weighted by Gasteiger charge is -2.41. The number of ether oxygens (including phenoxy) is 2. The first-order chi connectivity index (χ1) is 32.0. The van der Waals surface area contributed by atoms with E-state index in [4.69, 9.17) is 9.47 Å². The minimum Gasteiger partial charge on any atom is -0.394 e. The summed E-state index contributed by atoms with van der Waals surface area (Å²) in [4.78, 5) is 13.1. The first-order valence-corrected chi connectivity index (χ1v) is 28.9. The lowest BCUT2D eigenvalue weighted by atomic mass is 9.99. The molecular weight excluding hydrogens is 859 g/mol. The van der Waals surface area contributed by atoms with Crippen LogP contribution in [0.25, 0.3) is 0 Å². The lowest BCUT2D eigenvalue weighted by Crippen LogP contribution is -2.61. The van der Waals surface area contributed by atoms with Crippen molar-refractivity contribution < 1.29 is 51.8 Å². The van der Waals surface area contributed by atoms with E-state index in [1.807, 2.05) is 0 Å². The molecular formula is C53H103NO11S. The Balaban J connectivity index is 2.39. The normalized spacial score (nSPS) is 20.0. The molecule has 1 heterocycles. The van der Waals surface area contributed by atoms with Gasteiger partial charge in [0.25, 0.3) is 0 Å². The van der Waals surface area contributed by atoms with Crippen molar-refractivity contribution in [2.45, 2.75) is 307 Å². The molecule has 13 heteroatoms. The highest BCUT2D eigenvalue weighted by Gasteiger charge is 2.48. The van der Waals surface area contributed by atoms with Crippen LogP contribution >= 0.6 is 0 Å². The third kappa shape index (κ3) is 35.9. The van der Waals surface area contributed by atoms with Gasteiger partial charge >= 0.3 is 10.4 Å².